The fourth-order valence-electron chi connectivity index (χ4n) is 2.33. The average molecular weight is 339 g/mol. The van der Waals surface area contributed by atoms with Crippen LogP contribution in [0.25, 0.3) is 0 Å². The minimum absolute atomic E-state index is 0.155. The number of benzene rings is 2. The number of hydrogen-bond acceptors (Lipinski definition) is 3. The average Bonchev–Trinajstić information content (AvgIpc) is 3.08. The number of ether oxygens (including phenoxy) is 1. The van der Waals surface area contributed by atoms with Gasteiger partial charge in [0.05, 0.1) is 0 Å². The molecule has 0 unspecified atom stereocenters. The van der Waals surface area contributed by atoms with Gasteiger partial charge < -0.3 is 14.5 Å². The molecule has 0 atom stereocenters. The molecule has 3 rings (SSSR count). The summed E-state index contributed by atoms with van der Waals surface area (Å²) < 4.78 is 23.9. The molecule has 5 heteroatoms. The zero-order chi connectivity index (χ0) is 17.8. The summed E-state index contributed by atoms with van der Waals surface area (Å²) in [5.74, 6) is 0.603. The van der Waals surface area contributed by atoms with Gasteiger partial charge in [0.1, 0.15) is 23.9 Å². The quantitative estimate of drug-likeness (QED) is 0.722. The first-order valence-electron chi connectivity index (χ1n) is 7.87. The van der Waals surface area contributed by atoms with E-state index in [0.29, 0.717) is 11.5 Å². The van der Waals surface area contributed by atoms with Gasteiger partial charge in [-0.3, -0.25) is 4.79 Å². The van der Waals surface area contributed by atoms with E-state index in [4.69, 9.17) is 9.15 Å². The van der Waals surface area contributed by atoms with Crippen LogP contribution in [-0.2, 0) is 6.61 Å². The summed E-state index contributed by atoms with van der Waals surface area (Å²) in [7, 11) is 0. The fourth-order valence-corrected chi connectivity index (χ4v) is 2.33. The van der Waals surface area contributed by atoms with Gasteiger partial charge in [-0.05, 0) is 67.4 Å². The van der Waals surface area contributed by atoms with Crippen molar-refractivity contribution in [1.82, 2.24) is 0 Å². The van der Waals surface area contributed by atoms with Crippen molar-refractivity contribution in [3.8, 4) is 5.75 Å². The van der Waals surface area contributed by atoms with E-state index in [0.717, 1.165) is 16.8 Å². The van der Waals surface area contributed by atoms with Gasteiger partial charge in [-0.2, -0.15) is 0 Å². The number of rotatable bonds is 5. The van der Waals surface area contributed by atoms with Crippen LogP contribution in [0, 0.1) is 19.7 Å². The molecule has 0 fully saturated rings. The molecule has 25 heavy (non-hydrogen) atoms. The largest absolute Gasteiger partial charge is 0.486 e. The first kappa shape index (κ1) is 16.8. The summed E-state index contributed by atoms with van der Waals surface area (Å²) in [6.07, 6.45) is 0. The number of furan rings is 1. The first-order valence-corrected chi connectivity index (χ1v) is 7.87. The summed E-state index contributed by atoms with van der Waals surface area (Å²) >= 11 is 0. The summed E-state index contributed by atoms with van der Waals surface area (Å²) in [6.45, 7) is 4.10. The standard InChI is InChI=1S/C20H18FNO3/c1-13-4-3-5-18(14(13)2)22-20(23)19-11-10-17(25-19)12-24-16-8-6-15(21)7-9-16/h3-11H,12H2,1-2H3,(H,22,23). The third-order valence-corrected chi connectivity index (χ3v) is 3.93. The molecule has 0 saturated heterocycles. The van der Waals surface area contributed by atoms with Gasteiger partial charge in [0.25, 0.3) is 5.91 Å². The highest BCUT2D eigenvalue weighted by atomic mass is 19.1. The Morgan fingerprint density at radius 2 is 1.84 bits per heavy atom. The zero-order valence-corrected chi connectivity index (χ0v) is 14.0. The van der Waals surface area contributed by atoms with Crippen molar-refractivity contribution < 1.29 is 18.3 Å². The predicted molar refractivity (Wildman–Crippen MR) is 93.3 cm³/mol. The Morgan fingerprint density at radius 3 is 2.60 bits per heavy atom. The molecule has 1 N–H and O–H groups in total. The van der Waals surface area contributed by atoms with Crippen LogP contribution in [0.15, 0.2) is 59.0 Å². The van der Waals surface area contributed by atoms with E-state index in [1.54, 1.807) is 12.1 Å². The summed E-state index contributed by atoms with van der Waals surface area (Å²) in [4.78, 5) is 12.3. The third-order valence-electron chi connectivity index (χ3n) is 3.93. The van der Waals surface area contributed by atoms with Crippen molar-refractivity contribution in [3.05, 3.63) is 83.1 Å². The predicted octanol–water partition coefficient (Wildman–Crippen LogP) is 4.87. The van der Waals surface area contributed by atoms with Crippen LogP contribution in [0.2, 0.25) is 0 Å². The Hall–Kier alpha value is -3.08. The van der Waals surface area contributed by atoms with Crippen molar-refractivity contribution in [1.29, 1.82) is 0 Å². The van der Waals surface area contributed by atoms with Crippen molar-refractivity contribution in [3.63, 3.8) is 0 Å². The third kappa shape index (κ3) is 4.07. The Kier molecular flexibility index (Phi) is 4.84. The lowest BCUT2D eigenvalue weighted by Crippen LogP contribution is -2.12. The van der Waals surface area contributed by atoms with Crippen LogP contribution in [0.1, 0.15) is 27.4 Å². The molecule has 1 heterocycles. The second kappa shape index (κ2) is 7.21. The van der Waals surface area contributed by atoms with Crippen LogP contribution in [-0.4, -0.2) is 5.91 Å². The second-order valence-corrected chi connectivity index (χ2v) is 5.71. The smallest absolute Gasteiger partial charge is 0.291 e. The molecule has 0 aliphatic heterocycles. The van der Waals surface area contributed by atoms with Gasteiger partial charge in [0.15, 0.2) is 5.76 Å². The highest BCUT2D eigenvalue weighted by molar-refractivity contribution is 6.02. The molecule has 4 nitrogen and oxygen atoms in total. The number of carbonyl (C=O) groups excluding carboxylic acids is 1. The maximum absolute atomic E-state index is 12.9. The molecule has 0 saturated carbocycles. The van der Waals surface area contributed by atoms with E-state index in [1.165, 1.54) is 24.3 Å². The van der Waals surface area contributed by atoms with E-state index in [-0.39, 0.29) is 24.1 Å². The van der Waals surface area contributed by atoms with Crippen LogP contribution >= 0.6 is 0 Å². The van der Waals surface area contributed by atoms with Crippen LogP contribution in [0.5, 0.6) is 5.75 Å². The molecule has 1 amide bonds. The van der Waals surface area contributed by atoms with Gasteiger partial charge in [0.2, 0.25) is 0 Å². The summed E-state index contributed by atoms with van der Waals surface area (Å²) in [5, 5.41) is 2.85. The zero-order valence-electron chi connectivity index (χ0n) is 14.0. The van der Waals surface area contributed by atoms with Crippen molar-refractivity contribution in [2.45, 2.75) is 20.5 Å². The Bertz CT molecular complexity index is 884. The van der Waals surface area contributed by atoms with Gasteiger partial charge in [-0.1, -0.05) is 12.1 Å². The number of carbonyl (C=O) groups is 1. The van der Waals surface area contributed by atoms with Gasteiger partial charge in [-0.15, -0.1) is 0 Å². The number of amides is 1. The van der Waals surface area contributed by atoms with Gasteiger partial charge in [-0.25, -0.2) is 4.39 Å². The monoisotopic (exact) mass is 339 g/mol. The number of halogens is 1. The number of aryl methyl sites for hydroxylation is 1. The lowest BCUT2D eigenvalue weighted by Gasteiger charge is -2.09. The van der Waals surface area contributed by atoms with E-state index in [1.807, 2.05) is 32.0 Å². The van der Waals surface area contributed by atoms with Gasteiger partial charge >= 0.3 is 0 Å². The van der Waals surface area contributed by atoms with E-state index >= 15 is 0 Å². The molecule has 0 spiro atoms. The number of anilines is 1. The fraction of sp³-hybridized carbons (Fsp3) is 0.150. The van der Waals surface area contributed by atoms with Crippen molar-refractivity contribution >= 4 is 11.6 Å². The molecule has 0 radical (unpaired) electrons. The topological polar surface area (TPSA) is 51.5 Å². The van der Waals surface area contributed by atoms with E-state index in [2.05, 4.69) is 5.32 Å². The van der Waals surface area contributed by atoms with E-state index in [9.17, 15) is 9.18 Å². The molecule has 128 valence electrons. The normalized spacial score (nSPS) is 10.5. The molecule has 0 bridgehead atoms. The molecular formula is C20H18FNO3. The Morgan fingerprint density at radius 1 is 1.08 bits per heavy atom. The highest BCUT2D eigenvalue weighted by Gasteiger charge is 2.13. The Balaban J connectivity index is 1.63. The minimum Gasteiger partial charge on any atom is -0.486 e. The van der Waals surface area contributed by atoms with Crippen LogP contribution in [0.4, 0.5) is 10.1 Å². The summed E-state index contributed by atoms with van der Waals surface area (Å²) in [5.41, 5.74) is 2.87. The number of hydrogen-bond donors (Lipinski definition) is 1. The lowest BCUT2D eigenvalue weighted by molar-refractivity contribution is 0.0992. The van der Waals surface area contributed by atoms with Gasteiger partial charge in [0, 0.05) is 5.69 Å². The molecule has 1 aromatic heterocycles. The highest BCUT2D eigenvalue weighted by Crippen LogP contribution is 2.20. The van der Waals surface area contributed by atoms with Crippen molar-refractivity contribution in [2.75, 3.05) is 5.32 Å². The first-order chi connectivity index (χ1) is 12.0. The maximum atomic E-state index is 12.9. The Labute approximate surface area is 145 Å². The SMILES string of the molecule is Cc1cccc(NC(=O)c2ccc(COc3ccc(F)cc3)o2)c1C. The second-order valence-electron chi connectivity index (χ2n) is 5.71. The number of nitrogens with one attached hydrogen (secondary N) is 1. The molecule has 0 aliphatic carbocycles. The molecule has 0 aliphatic rings. The lowest BCUT2D eigenvalue weighted by atomic mass is 10.1. The molecule has 3 aromatic rings. The minimum atomic E-state index is -0.323. The summed E-state index contributed by atoms with van der Waals surface area (Å²) in [6, 6.07) is 14.7. The van der Waals surface area contributed by atoms with Crippen LogP contribution in [0.3, 0.4) is 0 Å². The van der Waals surface area contributed by atoms with E-state index < -0.39 is 0 Å². The van der Waals surface area contributed by atoms with Crippen molar-refractivity contribution in [2.24, 2.45) is 0 Å². The molecule has 2 aromatic carbocycles. The van der Waals surface area contributed by atoms with Crippen LogP contribution < -0.4 is 10.1 Å². The molecular weight excluding hydrogens is 321 g/mol. The maximum Gasteiger partial charge on any atom is 0.291 e.